The van der Waals surface area contributed by atoms with Gasteiger partial charge in [-0.1, -0.05) is 26.2 Å². The van der Waals surface area contributed by atoms with Gasteiger partial charge in [0.25, 0.3) is 0 Å². The predicted octanol–water partition coefficient (Wildman–Crippen LogP) is 3.20. The number of cyclic esters (lactones) is 1. The number of carbonyl (C=O) groups is 3. The summed E-state index contributed by atoms with van der Waals surface area (Å²) in [4.78, 5) is 44.9. The Morgan fingerprint density at radius 3 is 2.42 bits per heavy atom. The molecule has 10 heteroatoms. The van der Waals surface area contributed by atoms with E-state index in [9.17, 15) is 24.6 Å². The maximum atomic E-state index is 14.2. The van der Waals surface area contributed by atoms with E-state index < -0.39 is 52.6 Å². The van der Waals surface area contributed by atoms with Gasteiger partial charge in [0.05, 0.1) is 23.7 Å². The minimum absolute atomic E-state index is 0.0225. The first-order valence-electron chi connectivity index (χ1n) is 16.0. The number of ketones is 1. The molecule has 0 aromatic carbocycles. The summed E-state index contributed by atoms with van der Waals surface area (Å²) in [6, 6.07) is 0.610. The zero-order valence-electron chi connectivity index (χ0n) is 25.9. The molecule has 0 unspecified atom stereocenters. The summed E-state index contributed by atoms with van der Waals surface area (Å²) in [5.41, 5.74) is -0.605. The Kier molecular flexibility index (Phi) is 8.01. The number of allylic oxidation sites excluding steroid dienone is 1. The molecule has 2 heterocycles. The van der Waals surface area contributed by atoms with E-state index in [0.29, 0.717) is 36.5 Å². The highest BCUT2D eigenvalue weighted by atomic mass is 16.6. The number of Topliss-reactive ketones (excluding diaryl/α,β-unsaturated/α-hetero) is 1. The number of fused-ring (bicyclic) bond motifs is 4. The second-order valence-electron chi connectivity index (χ2n) is 13.8. The Bertz CT molecular complexity index is 1270. The van der Waals surface area contributed by atoms with Crippen LogP contribution in [0.5, 0.6) is 0 Å². The van der Waals surface area contributed by atoms with Crippen molar-refractivity contribution in [1.82, 2.24) is 9.80 Å². The number of hydrogen-bond acceptors (Lipinski definition) is 10. The van der Waals surface area contributed by atoms with Crippen LogP contribution in [0.1, 0.15) is 72.1 Å². The van der Waals surface area contributed by atoms with E-state index in [-0.39, 0.29) is 23.7 Å². The van der Waals surface area contributed by atoms with Gasteiger partial charge < -0.3 is 29.3 Å². The lowest BCUT2D eigenvalue weighted by molar-refractivity contribution is -0.161. The summed E-state index contributed by atoms with van der Waals surface area (Å²) < 4.78 is 17.5. The molecule has 2 saturated carbocycles. The number of carbonyl (C=O) groups excluding carboxylic acids is 3. The average molecular weight is 599 g/mol. The third kappa shape index (κ3) is 4.84. The van der Waals surface area contributed by atoms with Gasteiger partial charge in [-0.2, -0.15) is 0 Å². The minimum atomic E-state index is -1.19. The van der Waals surface area contributed by atoms with Gasteiger partial charge in [0.15, 0.2) is 5.76 Å². The van der Waals surface area contributed by atoms with Crippen LogP contribution in [-0.4, -0.2) is 102 Å². The molecule has 0 bridgehead atoms. The van der Waals surface area contributed by atoms with Crippen molar-refractivity contribution in [2.45, 2.75) is 96.5 Å². The van der Waals surface area contributed by atoms with E-state index in [4.69, 9.17) is 14.2 Å². The molecular weight excluding hydrogens is 552 g/mol. The van der Waals surface area contributed by atoms with Crippen LogP contribution < -0.4 is 0 Å². The highest BCUT2D eigenvalue weighted by Gasteiger charge is 2.64. The van der Waals surface area contributed by atoms with Gasteiger partial charge in [0.1, 0.15) is 12.2 Å². The lowest BCUT2D eigenvalue weighted by atomic mass is 9.53. The topological polar surface area (TPSA) is 126 Å². The Morgan fingerprint density at radius 1 is 1.07 bits per heavy atom. The molecule has 2 N–H and O–H groups in total. The highest BCUT2D eigenvalue weighted by Crippen LogP contribution is 2.63. The molecule has 0 radical (unpaired) electrons. The monoisotopic (exact) mass is 598 g/mol. The van der Waals surface area contributed by atoms with Crippen LogP contribution >= 0.6 is 0 Å². The number of hydrogen-bond donors (Lipinski definition) is 2. The molecular formula is C33H46N2O8. The third-order valence-electron chi connectivity index (χ3n) is 11.4. The fourth-order valence-electron chi connectivity index (χ4n) is 9.13. The summed E-state index contributed by atoms with van der Waals surface area (Å²) >= 11 is 0. The van der Waals surface area contributed by atoms with Crippen LogP contribution in [0.3, 0.4) is 0 Å². The number of aliphatic hydroxyl groups excluding tert-OH is 2. The molecule has 2 saturated heterocycles. The van der Waals surface area contributed by atoms with Gasteiger partial charge in [0.2, 0.25) is 5.78 Å². The number of esters is 2. The van der Waals surface area contributed by atoms with Crippen molar-refractivity contribution < 1.29 is 38.8 Å². The van der Waals surface area contributed by atoms with Crippen molar-refractivity contribution in [3.8, 4) is 0 Å². The summed E-state index contributed by atoms with van der Waals surface area (Å²) in [5.74, 6) is -2.50. The third-order valence-corrected chi connectivity index (χ3v) is 11.4. The highest BCUT2D eigenvalue weighted by molar-refractivity contribution is 6.13. The molecule has 0 spiro atoms. The lowest BCUT2D eigenvalue weighted by Gasteiger charge is -2.54. The van der Waals surface area contributed by atoms with Crippen molar-refractivity contribution >= 4 is 17.7 Å². The SMILES string of the molecule is COC[C@H]1OC(=O)/C(=C/N2CCN(C3CCCCC3)CC2)C2=C(O)C(=O)C3=C([C@H](OC(C)=O)C[C@]4(C)[C@@H](O)CC[C@@H]34)[C@]21C. The van der Waals surface area contributed by atoms with Gasteiger partial charge in [-0.05, 0) is 50.5 Å². The smallest absolute Gasteiger partial charge is 0.340 e. The van der Waals surface area contributed by atoms with E-state index in [1.54, 1.807) is 6.20 Å². The number of nitrogens with zero attached hydrogens (tertiary/aromatic N) is 2. The lowest BCUT2D eigenvalue weighted by Crippen LogP contribution is -2.57. The maximum absolute atomic E-state index is 14.2. The molecule has 4 fully saturated rings. The summed E-state index contributed by atoms with van der Waals surface area (Å²) in [7, 11) is 1.51. The van der Waals surface area contributed by atoms with E-state index in [0.717, 1.165) is 26.2 Å². The molecule has 6 rings (SSSR count). The Morgan fingerprint density at radius 2 is 1.77 bits per heavy atom. The molecule has 0 amide bonds. The van der Waals surface area contributed by atoms with Crippen LogP contribution in [0.15, 0.2) is 34.3 Å². The number of piperazine rings is 1. The molecule has 2 aliphatic heterocycles. The van der Waals surface area contributed by atoms with Crippen molar-refractivity contribution in [2.75, 3.05) is 39.9 Å². The summed E-state index contributed by atoms with van der Waals surface area (Å²) in [6.45, 7) is 8.32. The van der Waals surface area contributed by atoms with E-state index >= 15 is 0 Å². The number of rotatable bonds is 5. The van der Waals surface area contributed by atoms with E-state index in [1.165, 1.54) is 46.1 Å². The van der Waals surface area contributed by atoms with E-state index in [2.05, 4.69) is 9.80 Å². The normalized spacial score (nSPS) is 38.2. The van der Waals surface area contributed by atoms with E-state index in [1.807, 2.05) is 13.8 Å². The van der Waals surface area contributed by atoms with Crippen molar-refractivity contribution in [2.24, 2.45) is 16.7 Å². The Balaban J connectivity index is 1.42. The van der Waals surface area contributed by atoms with Gasteiger partial charge in [-0.25, -0.2) is 4.79 Å². The second kappa shape index (κ2) is 11.3. The average Bonchev–Trinajstić information content (AvgIpc) is 3.27. The second-order valence-corrected chi connectivity index (χ2v) is 13.8. The van der Waals surface area contributed by atoms with Crippen molar-refractivity contribution in [1.29, 1.82) is 0 Å². The quantitative estimate of drug-likeness (QED) is 0.360. The van der Waals surface area contributed by atoms with Crippen LogP contribution in [0.4, 0.5) is 0 Å². The number of methoxy groups -OCH3 is 1. The molecule has 6 aliphatic rings. The zero-order valence-corrected chi connectivity index (χ0v) is 25.9. The van der Waals surface area contributed by atoms with Gasteiger partial charge in [0, 0.05) is 69.0 Å². The minimum Gasteiger partial charge on any atom is -0.504 e. The number of ether oxygens (including phenoxy) is 3. The molecule has 6 atom stereocenters. The van der Waals surface area contributed by atoms with Crippen molar-refractivity contribution in [3.05, 3.63) is 34.3 Å². The Labute approximate surface area is 253 Å². The van der Waals surface area contributed by atoms with Crippen LogP contribution in [0, 0.1) is 16.7 Å². The fourth-order valence-corrected chi connectivity index (χ4v) is 9.13. The van der Waals surface area contributed by atoms with Gasteiger partial charge in [-0.3, -0.25) is 14.5 Å². The molecule has 43 heavy (non-hydrogen) atoms. The summed E-state index contributed by atoms with van der Waals surface area (Å²) in [6.07, 6.45) is 7.07. The van der Waals surface area contributed by atoms with Crippen molar-refractivity contribution in [3.63, 3.8) is 0 Å². The molecule has 10 nitrogen and oxygen atoms in total. The van der Waals surface area contributed by atoms with Crippen LogP contribution in [0.25, 0.3) is 0 Å². The molecule has 0 aromatic rings. The first kappa shape index (κ1) is 30.3. The first-order valence-corrected chi connectivity index (χ1v) is 16.0. The number of aliphatic hydroxyl groups is 2. The van der Waals surface area contributed by atoms with Gasteiger partial charge >= 0.3 is 11.9 Å². The standard InChI is InChI=1S/C33H46N2O8/c1-19(36)42-23-16-32(2)22(10-11-24(32)37)26-28(23)33(3)25(18-41-4)43-31(40)21(27(33)30(39)29(26)38)17-34-12-14-35(15-13-34)20-8-6-5-7-9-20/h17,20,22-25,37,39H,5-16,18H2,1-4H3/b21-17+/t22-,23+,24-,25+,32-,33-/m0/s1. The van der Waals surface area contributed by atoms with Gasteiger partial charge in [-0.15, -0.1) is 0 Å². The predicted molar refractivity (Wildman–Crippen MR) is 157 cm³/mol. The van der Waals surface area contributed by atoms with Crippen LogP contribution in [0.2, 0.25) is 0 Å². The molecule has 0 aromatic heterocycles. The largest absolute Gasteiger partial charge is 0.504 e. The maximum Gasteiger partial charge on any atom is 0.340 e. The molecule has 236 valence electrons. The first-order chi connectivity index (χ1) is 20.5. The van der Waals surface area contributed by atoms with Crippen LogP contribution in [-0.2, 0) is 28.6 Å². The zero-order chi connectivity index (χ0) is 30.7. The summed E-state index contributed by atoms with van der Waals surface area (Å²) in [5, 5.41) is 22.8. The Hall–Kier alpha value is -2.69. The fraction of sp³-hybridized carbons (Fsp3) is 0.727. The molecule has 4 aliphatic carbocycles.